The molecule has 0 saturated heterocycles. The van der Waals surface area contributed by atoms with Crippen LogP contribution < -0.4 is 0 Å². The normalized spacial score (nSPS) is 12.9. The van der Waals surface area contributed by atoms with Crippen LogP contribution in [0.3, 0.4) is 0 Å². The molecule has 7 heavy (non-hydrogen) atoms. The third-order valence-electron chi connectivity index (χ3n) is 0.293. The summed E-state index contributed by atoms with van der Waals surface area (Å²) in [7, 11) is 0. The predicted molar refractivity (Wildman–Crippen MR) is 23.8 cm³/mol. The fourth-order valence-corrected chi connectivity index (χ4v) is 0. The zero-order valence-corrected chi connectivity index (χ0v) is 4.62. The van der Waals surface area contributed by atoms with Gasteiger partial charge in [0.25, 0.3) is 0 Å². The average Bonchev–Trinajstić information content (AvgIpc) is 1.31. The van der Waals surface area contributed by atoms with Gasteiger partial charge in [-0.25, -0.2) is 4.39 Å². The van der Waals surface area contributed by atoms with Gasteiger partial charge in [0, 0.05) is 0 Å². The van der Waals surface area contributed by atoms with Gasteiger partial charge in [-0.3, -0.25) is 0 Å². The molecule has 0 spiro atoms. The van der Waals surface area contributed by atoms with E-state index in [-0.39, 0.29) is 0 Å². The van der Waals surface area contributed by atoms with Gasteiger partial charge in [0.05, 0.1) is 0 Å². The molecular formula is C2H3Cl2FO2. The molecule has 0 aromatic rings. The Bertz CT molecular complexity index is 59.2. The van der Waals surface area contributed by atoms with Crippen LogP contribution in [0, 0.1) is 0 Å². The van der Waals surface area contributed by atoms with Gasteiger partial charge in [-0.15, -0.1) is 0 Å². The maximum absolute atomic E-state index is 11.5. The minimum atomic E-state index is -2.94. The van der Waals surface area contributed by atoms with Gasteiger partial charge < -0.3 is 10.2 Å². The summed E-state index contributed by atoms with van der Waals surface area (Å²) in [5, 5.41) is 15.6. The van der Waals surface area contributed by atoms with E-state index in [1.165, 1.54) is 0 Å². The molecule has 0 bridgehead atoms. The molecule has 5 heteroatoms. The molecule has 0 aliphatic rings. The minimum absolute atomic E-state index is 2.34. The first kappa shape index (κ1) is 7.43. The topological polar surface area (TPSA) is 40.5 Å². The van der Waals surface area contributed by atoms with Crippen LogP contribution in [0.4, 0.5) is 4.39 Å². The minimum Gasteiger partial charge on any atom is -0.364 e. The van der Waals surface area contributed by atoms with Crippen molar-refractivity contribution < 1.29 is 14.6 Å². The van der Waals surface area contributed by atoms with E-state index in [0.29, 0.717) is 0 Å². The lowest BCUT2D eigenvalue weighted by atomic mass is 10.7. The summed E-state index contributed by atoms with van der Waals surface area (Å²) in [6.45, 7) is 0. The number of hydrogen-bond donors (Lipinski definition) is 2. The standard InChI is InChI=1S/C2H3Cl2FO2/c3-2(4,5)1(6)7/h1,6-7H. The maximum atomic E-state index is 11.5. The largest absolute Gasteiger partial charge is 0.364 e. The Morgan fingerprint density at radius 2 is 1.57 bits per heavy atom. The molecule has 44 valence electrons. The summed E-state index contributed by atoms with van der Waals surface area (Å²) >= 11 is 8.93. The van der Waals surface area contributed by atoms with Crippen molar-refractivity contribution in [1.29, 1.82) is 0 Å². The number of aliphatic hydroxyl groups excluding tert-OH is 1. The lowest BCUT2D eigenvalue weighted by molar-refractivity contribution is -0.0827. The van der Waals surface area contributed by atoms with Crippen molar-refractivity contribution in [2.24, 2.45) is 0 Å². The van der Waals surface area contributed by atoms with E-state index < -0.39 is 10.9 Å². The van der Waals surface area contributed by atoms with Crippen LogP contribution in [0.1, 0.15) is 0 Å². The molecule has 0 unspecified atom stereocenters. The Hall–Kier alpha value is 0.430. The van der Waals surface area contributed by atoms with Gasteiger partial charge in [-0.2, -0.15) is 0 Å². The quantitative estimate of drug-likeness (QED) is 0.418. The maximum Gasteiger partial charge on any atom is 0.307 e. The SMILES string of the molecule is OC(O)C(F)(Cl)Cl. The zero-order chi connectivity index (χ0) is 6.08. The first-order chi connectivity index (χ1) is 2.94. The van der Waals surface area contributed by atoms with E-state index in [9.17, 15) is 4.39 Å². The average molecular weight is 149 g/mol. The molecular weight excluding hydrogens is 146 g/mol. The van der Waals surface area contributed by atoms with Crippen LogP contribution >= 0.6 is 23.2 Å². The summed E-state index contributed by atoms with van der Waals surface area (Å²) in [5.41, 5.74) is 0. The van der Waals surface area contributed by atoms with Crippen molar-refractivity contribution in [3.63, 3.8) is 0 Å². The molecule has 0 fully saturated rings. The number of hydrogen-bond acceptors (Lipinski definition) is 2. The highest BCUT2D eigenvalue weighted by molar-refractivity contribution is 6.47. The van der Waals surface area contributed by atoms with Crippen LogP contribution in [0.25, 0.3) is 0 Å². The smallest absolute Gasteiger partial charge is 0.307 e. The van der Waals surface area contributed by atoms with Gasteiger partial charge in [-0.05, 0) is 0 Å². The van der Waals surface area contributed by atoms with Crippen molar-refractivity contribution in [2.75, 3.05) is 0 Å². The molecule has 0 aliphatic carbocycles. The van der Waals surface area contributed by atoms with Crippen molar-refractivity contribution in [1.82, 2.24) is 0 Å². The third-order valence-corrected chi connectivity index (χ3v) is 0.683. The van der Waals surface area contributed by atoms with Crippen molar-refractivity contribution in [3.8, 4) is 0 Å². The first-order valence-corrected chi connectivity index (χ1v) is 2.13. The van der Waals surface area contributed by atoms with Crippen LogP contribution in [0.5, 0.6) is 0 Å². The Labute approximate surface area is 49.5 Å². The molecule has 2 nitrogen and oxygen atoms in total. The third kappa shape index (κ3) is 3.05. The molecule has 0 aliphatic heterocycles. The molecule has 0 atom stereocenters. The molecule has 0 saturated carbocycles. The monoisotopic (exact) mass is 148 g/mol. The van der Waals surface area contributed by atoms with Crippen LogP contribution in [0.15, 0.2) is 0 Å². The highest BCUT2D eigenvalue weighted by Gasteiger charge is 2.30. The van der Waals surface area contributed by atoms with Crippen LogP contribution in [-0.4, -0.2) is 21.1 Å². The summed E-state index contributed by atoms with van der Waals surface area (Å²) in [5.74, 6) is 0. The summed E-state index contributed by atoms with van der Waals surface area (Å²) in [6.07, 6.45) is -2.34. The van der Waals surface area contributed by atoms with Crippen molar-refractivity contribution in [2.45, 2.75) is 10.9 Å². The predicted octanol–water partition coefficient (Wildman–Crippen LogP) is 0.398. The molecule has 0 heterocycles. The van der Waals surface area contributed by atoms with Crippen molar-refractivity contribution in [3.05, 3.63) is 0 Å². The van der Waals surface area contributed by atoms with Gasteiger partial charge in [0.2, 0.25) is 6.29 Å². The van der Waals surface area contributed by atoms with E-state index in [4.69, 9.17) is 10.2 Å². The second-order valence-corrected chi connectivity index (χ2v) is 2.21. The molecule has 0 aromatic heterocycles. The van der Waals surface area contributed by atoms with E-state index in [0.717, 1.165) is 0 Å². The summed E-state index contributed by atoms with van der Waals surface area (Å²) < 4.78 is 8.60. The van der Waals surface area contributed by atoms with Gasteiger partial charge in [0.15, 0.2) is 0 Å². The second kappa shape index (κ2) is 2.13. The summed E-state index contributed by atoms with van der Waals surface area (Å²) in [4.78, 5) is 0. The highest BCUT2D eigenvalue weighted by atomic mass is 35.5. The molecule has 0 amide bonds. The molecule has 0 aromatic carbocycles. The van der Waals surface area contributed by atoms with Gasteiger partial charge >= 0.3 is 4.59 Å². The lowest BCUT2D eigenvalue weighted by Crippen LogP contribution is -2.24. The summed E-state index contributed by atoms with van der Waals surface area (Å²) in [6, 6.07) is 0. The van der Waals surface area contributed by atoms with Gasteiger partial charge in [0.1, 0.15) is 0 Å². The Balaban J connectivity index is 3.54. The van der Waals surface area contributed by atoms with Crippen LogP contribution in [-0.2, 0) is 0 Å². The fraction of sp³-hybridized carbons (Fsp3) is 1.00. The van der Waals surface area contributed by atoms with E-state index in [1.54, 1.807) is 0 Å². The zero-order valence-electron chi connectivity index (χ0n) is 3.11. The number of alkyl halides is 3. The fourth-order valence-electron chi connectivity index (χ4n) is 0. The van der Waals surface area contributed by atoms with Crippen LogP contribution in [0.2, 0.25) is 0 Å². The van der Waals surface area contributed by atoms with E-state index in [2.05, 4.69) is 23.2 Å². The Kier molecular flexibility index (Phi) is 2.26. The molecule has 0 rings (SSSR count). The number of halogens is 3. The Morgan fingerprint density at radius 3 is 1.57 bits per heavy atom. The highest BCUT2D eigenvalue weighted by Crippen LogP contribution is 2.24. The first-order valence-electron chi connectivity index (χ1n) is 1.37. The van der Waals surface area contributed by atoms with E-state index >= 15 is 0 Å². The second-order valence-electron chi connectivity index (χ2n) is 0.915. The lowest BCUT2D eigenvalue weighted by Gasteiger charge is -2.09. The molecule has 0 radical (unpaired) electrons. The van der Waals surface area contributed by atoms with Gasteiger partial charge in [-0.1, -0.05) is 23.2 Å². The van der Waals surface area contributed by atoms with Crippen molar-refractivity contribution >= 4 is 23.2 Å². The number of aliphatic hydroxyl groups is 2. The molecule has 2 N–H and O–H groups in total. The van der Waals surface area contributed by atoms with E-state index in [1.807, 2.05) is 0 Å². The number of rotatable bonds is 1. The Morgan fingerprint density at radius 1 is 1.43 bits per heavy atom.